The number of rotatable bonds is 5. The van der Waals surface area contributed by atoms with Gasteiger partial charge in [-0.05, 0) is 37.2 Å². The second-order valence-corrected chi connectivity index (χ2v) is 6.27. The molecule has 0 unspecified atom stereocenters. The molecule has 0 aromatic heterocycles. The van der Waals surface area contributed by atoms with Crippen molar-refractivity contribution in [2.45, 2.75) is 31.1 Å². The second kappa shape index (κ2) is 6.48. The lowest BCUT2D eigenvalue weighted by Crippen LogP contribution is -2.42. The molecule has 0 radical (unpaired) electrons. The van der Waals surface area contributed by atoms with E-state index in [9.17, 15) is 4.79 Å². The largest absolute Gasteiger partial charge is 0.381 e. The molecule has 0 atom stereocenters. The van der Waals surface area contributed by atoms with Gasteiger partial charge in [0.05, 0.1) is 0 Å². The molecule has 1 aromatic rings. The monoisotopic (exact) mass is 288 g/mol. The summed E-state index contributed by atoms with van der Waals surface area (Å²) in [5, 5.41) is 6.04. The van der Waals surface area contributed by atoms with Crippen molar-refractivity contribution in [1.29, 1.82) is 0 Å². The van der Waals surface area contributed by atoms with E-state index in [1.54, 1.807) is 0 Å². The maximum Gasteiger partial charge on any atom is 0.314 e. The predicted octanol–water partition coefficient (Wildman–Crippen LogP) is 2.44. The van der Waals surface area contributed by atoms with E-state index in [2.05, 4.69) is 34.9 Å². The Labute approximate surface area is 126 Å². The third-order valence-corrected chi connectivity index (χ3v) is 4.72. The van der Waals surface area contributed by atoms with E-state index < -0.39 is 0 Å². The normalized spacial score (nSPS) is 20.8. The Morgan fingerprint density at radius 2 is 1.86 bits per heavy atom. The number of hydrogen-bond acceptors (Lipinski definition) is 2. The van der Waals surface area contributed by atoms with Crippen molar-refractivity contribution in [2.24, 2.45) is 5.92 Å². The standard InChI is InChI=1S/C17H24N2O2/c20-16(18-12-14-6-10-21-11-7-14)19-13-17(8-9-17)15-4-2-1-3-5-15/h1-5,14H,6-13H2,(H2,18,19,20). The molecule has 2 N–H and O–H groups in total. The zero-order valence-electron chi connectivity index (χ0n) is 12.4. The molecule has 1 aliphatic heterocycles. The zero-order valence-corrected chi connectivity index (χ0v) is 12.4. The Balaban J connectivity index is 1.41. The summed E-state index contributed by atoms with van der Waals surface area (Å²) in [5.74, 6) is 0.563. The van der Waals surface area contributed by atoms with E-state index in [0.717, 1.165) is 52.0 Å². The molecule has 0 spiro atoms. The van der Waals surface area contributed by atoms with Gasteiger partial charge in [-0.15, -0.1) is 0 Å². The topological polar surface area (TPSA) is 50.4 Å². The third kappa shape index (κ3) is 3.76. The highest BCUT2D eigenvalue weighted by molar-refractivity contribution is 5.74. The highest BCUT2D eigenvalue weighted by atomic mass is 16.5. The van der Waals surface area contributed by atoms with Gasteiger partial charge in [-0.2, -0.15) is 0 Å². The molecule has 1 aromatic carbocycles. The number of hydrogen-bond donors (Lipinski definition) is 2. The van der Waals surface area contributed by atoms with E-state index in [0.29, 0.717) is 5.92 Å². The van der Waals surface area contributed by atoms with Crippen LogP contribution in [-0.2, 0) is 10.2 Å². The number of carbonyl (C=O) groups is 1. The smallest absolute Gasteiger partial charge is 0.314 e. The van der Waals surface area contributed by atoms with Gasteiger partial charge in [0.2, 0.25) is 0 Å². The molecule has 1 heterocycles. The van der Waals surface area contributed by atoms with Gasteiger partial charge in [0.1, 0.15) is 0 Å². The minimum Gasteiger partial charge on any atom is -0.381 e. The van der Waals surface area contributed by atoms with Gasteiger partial charge in [-0.3, -0.25) is 0 Å². The minimum absolute atomic E-state index is 0.0382. The molecule has 1 aliphatic carbocycles. The molecule has 4 heteroatoms. The van der Waals surface area contributed by atoms with Crippen molar-refractivity contribution in [1.82, 2.24) is 10.6 Å². The average Bonchev–Trinajstić information content (AvgIpc) is 3.34. The van der Waals surface area contributed by atoms with E-state index >= 15 is 0 Å². The summed E-state index contributed by atoms with van der Waals surface area (Å²) in [6.07, 6.45) is 4.43. The average molecular weight is 288 g/mol. The molecule has 4 nitrogen and oxygen atoms in total. The molecule has 2 amide bonds. The second-order valence-electron chi connectivity index (χ2n) is 6.27. The molecule has 114 valence electrons. The SMILES string of the molecule is O=C(NCC1CCOCC1)NCC1(c2ccccc2)CC1. The molecule has 1 saturated heterocycles. The summed E-state index contributed by atoms with van der Waals surface area (Å²) in [6, 6.07) is 10.5. The molecule has 21 heavy (non-hydrogen) atoms. The van der Waals surface area contributed by atoms with Crippen LogP contribution in [0.25, 0.3) is 0 Å². The lowest BCUT2D eigenvalue weighted by Gasteiger charge is -2.22. The summed E-state index contributed by atoms with van der Waals surface area (Å²) < 4.78 is 5.33. The fourth-order valence-corrected chi connectivity index (χ4v) is 3.01. The Bertz CT molecular complexity index is 465. The first-order valence-electron chi connectivity index (χ1n) is 7.93. The van der Waals surface area contributed by atoms with Crippen LogP contribution in [0, 0.1) is 5.92 Å². The highest BCUT2D eigenvalue weighted by Crippen LogP contribution is 2.47. The number of amides is 2. The van der Waals surface area contributed by atoms with E-state index in [4.69, 9.17) is 4.74 Å². The summed E-state index contributed by atoms with van der Waals surface area (Å²) in [5.41, 5.74) is 1.52. The minimum atomic E-state index is -0.0382. The Morgan fingerprint density at radius 3 is 2.52 bits per heavy atom. The third-order valence-electron chi connectivity index (χ3n) is 4.72. The van der Waals surface area contributed by atoms with Crippen molar-refractivity contribution >= 4 is 6.03 Å². The van der Waals surface area contributed by atoms with Crippen molar-refractivity contribution in [2.75, 3.05) is 26.3 Å². The van der Waals surface area contributed by atoms with Crippen LogP contribution in [-0.4, -0.2) is 32.3 Å². The zero-order chi connectivity index (χ0) is 14.5. The molecule has 0 bridgehead atoms. The number of ether oxygens (including phenoxy) is 1. The summed E-state index contributed by atoms with van der Waals surface area (Å²) in [7, 11) is 0. The number of benzene rings is 1. The van der Waals surface area contributed by atoms with Crippen molar-refractivity contribution in [3.8, 4) is 0 Å². The Kier molecular flexibility index (Phi) is 4.44. The van der Waals surface area contributed by atoms with E-state index in [1.165, 1.54) is 5.56 Å². The molecule has 2 aliphatic rings. The molecule has 1 saturated carbocycles. The lowest BCUT2D eigenvalue weighted by molar-refractivity contribution is 0.0669. The summed E-state index contributed by atoms with van der Waals surface area (Å²) in [4.78, 5) is 11.9. The fraction of sp³-hybridized carbons (Fsp3) is 0.588. The van der Waals surface area contributed by atoms with Crippen molar-refractivity contribution in [3.05, 3.63) is 35.9 Å². The number of nitrogens with one attached hydrogen (secondary N) is 2. The predicted molar refractivity (Wildman–Crippen MR) is 82.3 cm³/mol. The van der Waals surface area contributed by atoms with Gasteiger partial charge >= 0.3 is 6.03 Å². The highest BCUT2D eigenvalue weighted by Gasteiger charge is 2.44. The maximum atomic E-state index is 11.9. The van der Waals surface area contributed by atoms with E-state index in [1.807, 2.05) is 6.07 Å². The quantitative estimate of drug-likeness (QED) is 0.874. The Hall–Kier alpha value is -1.55. The molecular weight excluding hydrogens is 264 g/mol. The number of urea groups is 1. The van der Waals surface area contributed by atoms with Crippen molar-refractivity contribution in [3.63, 3.8) is 0 Å². The van der Waals surface area contributed by atoms with Crippen LogP contribution in [0.15, 0.2) is 30.3 Å². The van der Waals surface area contributed by atoms with Crippen LogP contribution in [0.2, 0.25) is 0 Å². The number of carbonyl (C=O) groups excluding carboxylic acids is 1. The lowest BCUT2D eigenvalue weighted by atomic mass is 9.96. The fourth-order valence-electron chi connectivity index (χ4n) is 3.01. The van der Waals surface area contributed by atoms with Crippen LogP contribution in [0.3, 0.4) is 0 Å². The van der Waals surface area contributed by atoms with Crippen LogP contribution < -0.4 is 10.6 Å². The van der Waals surface area contributed by atoms with Gasteiger partial charge in [-0.1, -0.05) is 30.3 Å². The summed E-state index contributed by atoms with van der Waals surface area (Å²) in [6.45, 7) is 3.14. The molecular formula is C17H24N2O2. The van der Waals surface area contributed by atoms with Gasteiger partial charge in [0.15, 0.2) is 0 Å². The van der Waals surface area contributed by atoms with Crippen LogP contribution >= 0.6 is 0 Å². The van der Waals surface area contributed by atoms with Gasteiger partial charge in [0, 0.05) is 31.7 Å². The van der Waals surface area contributed by atoms with Gasteiger partial charge in [-0.25, -0.2) is 4.79 Å². The van der Waals surface area contributed by atoms with Gasteiger partial charge < -0.3 is 15.4 Å². The maximum absolute atomic E-state index is 11.9. The van der Waals surface area contributed by atoms with Crippen LogP contribution in [0.4, 0.5) is 4.79 Å². The van der Waals surface area contributed by atoms with Crippen LogP contribution in [0.5, 0.6) is 0 Å². The first-order chi connectivity index (χ1) is 10.3. The van der Waals surface area contributed by atoms with Crippen LogP contribution in [0.1, 0.15) is 31.2 Å². The van der Waals surface area contributed by atoms with E-state index in [-0.39, 0.29) is 11.4 Å². The van der Waals surface area contributed by atoms with Gasteiger partial charge in [0.25, 0.3) is 0 Å². The molecule has 2 fully saturated rings. The summed E-state index contributed by atoms with van der Waals surface area (Å²) >= 11 is 0. The Morgan fingerprint density at radius 1 is 1.14 bits per heavy atom. The first kappa shape index (κ1) is 14.4. The van der Waals surface area contributed by atoms with Crippen molar-refractivity contribution < 1.29 is 9.53 Å². The first-order valence-corrected chi connectivity index (χ1v) is 7.93. The molecule has 3 rings (SSSR count).